The molecule has 78 valence electrons. The number of halogens is 1. The van der Waals surface area contributed by atoms with E-state index < -0.39 is 0 Å². The molecule has 0 spiro atoms. The van der Waals surface area contributed by atoms with Crippen LogP contribution in [0.25, 0.3) is 0 Å². The van der Waals surface area contributed by atoms with E-state index in [1.165, 1.54) is 15.5 Å². The molecular formula is C11H16ClNS. The summed E-state index contributed by atoms with van der Waals surface area (Å²) in [5.74, 6) is 0.702. The number of aryl methyl sites for hydroxylation is 2. The van der Waals surface area contributed by atoms with Gasteiger partial charge in [-0.2, -0.15) is 0 Å². The molecule has 1 heterocycles. The Balaban J connectivity index is 2.60. The van der Waals surface area contributed by atoms with Gasteiger partial charge in [-0.05, 0) is 27.2 Å². The van der Waals surface area contributed by atoms with E-state index in [2.05, 4.69) is 31.8 Å². The molecule has 3 heteroatoms. The number of alkyl halides is 1. The average Bonchev–Trinajstić information content (AvgIpc) is 2.42. The molecule has 0 radical (unpaired) electrons. The van der Waals surface area contributed by atoms with Gasteiger partial charge in [0.2, 0.25) is 0 Å². The summed E-state index contributed by atoms with van der Waals surface area (Å²) in [4.78, 5) is 5.83. The molecule has 0 saturated carbocycles. The molecule has 1 nitrogen and oxygen atoms in total. The predicted molar refractivity (Wildman–Crippen MR) is 64.4 cm³/mol. The first kappa shape index (κ1) is 11.7. The van der Waals surface area contributed by atoms with E-state index in [4.69, 9.17) is 11.6 Å². The van der Waals surface area contributed by atoms with Crippen LogP contribution < -0.4 is 0 Å². The van der Waals surface area contributed by atoms with Gasteiger partial charge in [-0.25, -0.2) is 4.98 Å². The number of rotatable bonds is 4. The fraction of sp³-hybridized carbons (Fsp3) is 0.545. The summed E-state index contributed by atoms with van der Waals surface area (Å²) in [5.41, 5.74) is 2.52. The SMILES string of the molecule is CC(=CCCCl)Cc1nc(C)c(C)s1. The Labute approximate surface area is 94.8 Å². The van der Waals surface area contributed by atoms with Gasteiger partial charge in [0, 0.05) is 17.2 Å². The highest BCUT2D eigenvalue weighted by molar-refractivity contribution is 7.11. The minimum absolute atomic E-state index is 0.702. The van der Waals surface area contributed by atoms with Crippen LogP contribution in [0, 0.1) is 13.8 Å². The van der Waals surface area contributed by atoms with Gasteiger partial charge in [-0.1, -0.05) is 11.6 Å². The first-order valence-electron chi connectivity index (χ1n) is 4.78. The largest absolute Gasteiger partial charge is 0.246 e. The molecule has 0 fully saturated rings. The van der Waals surface area contributed by atoms with Crippen LogP contribution in [-0.2, 0) is 6.42 Å². The topological polar surface area (TPSA) is 12.9 Å². The Hall–Kier alpha value is -0.340. The zero-order valence-corrected chi connectivity index (χ0v) is 10.5. The molecule has 0 aromatic carbocycles. The molecule has 0 aliphatic heterocycles. The summed E-state index contributed by atoms with van der Waals surface area (Å²) in [6, 6.07) is 0. The average molecular weight is 230 g/mol. The quantitative estimate of drug-likeness (QED) is 0.564. The number of hydrogen-bond acceptors (Lipinski definition) is 2. The number of hydrogen-bond donors (Lipinski definition) is 0. The number of aromatic nitrogens is 1. The molecule has 0 N–H and O–H groups in total. The lowest BCUT2D eigenvalue weighted by Gasteiger charge is -1.96. The predicted octanol–water partition coefficient (Wildman–Crippen LogP) is 3.88. The van der Waals surface area contributed by atoms with Gasteiger partial charge in [0.15, 0.2) is 0 Å². The van der Waals surface area contributed by atoms with E-state index in [-0.39, 0.29) is 0 Å². The second kappa shape index (κ2) is 5.52. The van der Waals surface area contributed by atoms with Crippen LogP contribution in [0.1, 0.15) is 28.9 Å². The van der Waals surface area contributed by atoms with Crippen molar-refractivity contribution in [2.24, 2.45) is 0 Å². The van der Waals surface area contributed by atoms with Gasteiger partial charge in [-0.15, -0.1) is 22.9 Å². The fourth-order valence-electron chi connectivity index (χ4n) is 1.23. The lowest BCUT2D eigenvalue weighted by molar-refractivity contribution is 1.05. The standard InChI is InChI=1S/C11H16ClNS/c1-8(5-4-6-12)7-11-13-9(2)10(3)14-11/h5H,4,6-7H2,1-3H3. The molecule has 0 aliphatic rings. The van der Waals surface area contributed by atoms with Gasteiger partial charge in [0.25, 0.3) is 0 Å². The maximum Gasteiger partial charge on any atom is 0.0971 e. The molecular weight excluding hydrogens is 214 g/mol. The minimum atomic E-state index is 0.702. The highest BCUT2D eigenvalue weighted by atomic mass is 35.5. The minimum Gasteiger partial charge on any atom is -0.246 e. The highest BCUT2D eigenvalue weighted by Crippen LogP contribution is 2.19. The van der Waals surface area contributed by atoms with Crippen LogP contribution >= 0.6 is 22.9 Å². The van der Waals surface area contributed by atoms with Crippen molar-refractivity contribution in [3.8, 4) is 0 Å². The Kier molecular flexibility index (Phi) is 4.63. The third kappa shape index (κ3) is 3.43. The first-order chi connectivity index (χ1) is 6.63. The van der Waals surface area contributed by atoms with Crippen molar-refractivity contribution in [2.75, 3.05) is 5.88 Å². The molecule has 0 atom stereocenters. The second-order valence-electron chi connectivity index (χ2n) is 3.45. The van der Waals surface area contributed by atoms with E-state index in [1.54, 1.807) is 11.3 Å². The normalized spacial score (nSPS) is 12.1. The van der Waals surface area contributed by atoms with Crippen molar-refractivity contribution in [3.05, 3.63) is 27.2 Å². The summed E-state index contributed by atoms with van der Waals surface area (Å²) in [5, 5.41) is 1.21. The van der Waals surface area contributed by atoms with E-state index in [9.17, 15) is 0 Å². The molecule has 1 aromatic rings. The molecule has 1 rings (SSSR count). The van der Waals surface area contributed by atoms with Crippen LogP contribution in [-0.4, -0.2) is 10.9 Å². The molecule has 1 aromatic heterocycles. The van der Waals surface area contributed by atoms with Crippen molar-refractivity contribution >= 4 is 22.9 Å². The highest BCUT2D eigenvalue weighted by Gasteiger charge is 2.03. The van der Waals surface area contributed by atoms with Crippen LogP contribution in [0.2, 0.25) is 0 Å². The third-order valence-corrected chi connectivity index (χ3v) is 3.40. The summed E-state index contributed by atoms with van der Waals surface area (Å²) in [7, 11) is 0. The molecule has 0 amide bonds. The lowest BCUT2D eigenvalue weighted by Crippen LogP contribution is -1.86. The van der Waals surface area contributed by atoms with Crippen LogP contribution in [0.4, 0.5) is 0 Å². The monoisotopic (exact) mass is 229 g/mol. The van der Waals surface area contributed by atoms with Crippen LogP contribution in [0.15, 0.2) is 11.6 Å². The summed E-state index contributed by atoms with van der Waals surface area (Å²) in [6.45, 7) is 6.32. The summed E-state index contributed by atoms with van der Waals surface area (Å²) < 4.78 is 0. The van der Waals surface area contributed by atoms with E-state index >= 15 is 0 Å². The van der Waals surface area contributed by atoms with Crippen molar-refractivity contribution in [2.45, 2.75) is 33.6 Å². The van der Waals surface area contributed by atoms with E-state index in [1.807, 2.05) is 0 Å². The number of nitrogens with zero attached hydrogens (tertiary/aromatic N) is 1. The number of allylic oxidation sites excluding steroid dienone is 2. The van der Waals surface area contributed by atoms with E-state index in [0.717, 1.165) is 18.5 Å². The van der Waals surface area contributed by atoms with Crippen molar-refractivity contribution < 1.29 is 0 Å². The molecule has 0 unspecified atom stereocenters. The number of thiazole rings is 1. The Bertz CT molecular complexity index is 309. The Morgan fingerprint density at radius 3 is 2.71 bits per heavy atom. The molecule has 0 aliphatic carbocycles. The van der Waals surface area contributed by atoms with Crippen molar-refractivity contribution in [3.63, 3.8) is 0 Å². The van der Waals surface area contributed by atoms with Gasteiger partial charge >= 0.3 is 0 Å². The van der Waals surface area contributed by atoms with Gasteiger partial charge < -0.3 is 0 Å². The zero-order valence-electron chi connectivity index (χ0n) is 8.93. The Morgan fingerprint density at radius 2 is 2.21 bits per heavy atom. The first-order valence-corrected chi connectivity index (χ1v) is 6.13. The van der Waals surface area contributed by atoms with Crippen LogP contribution in [0.5, 0.6) is 0 Å². The van der Waals surface area contributed by atoms with Gasteiger partial charge in [0.05, 0.1) is 10.7 Å². The lowest BCUT2D eigenvalue weighted by atomic mass is 10.2. The summed E-state index contributed by atoms with van der Waals surface area (Å²) >= 11 is 7.41. The maximum absolute atomic E-state index is 5.62. The van der Waals surface area contributed by atoms with Crippen molar-refractivity contribution in [1.29, 1.82) is 0 Å². The smallest absolute Gasteiger partial charge is 0.0971 e. The van der Waals surface area contributed by atoms with Gasteiger partial charge in [0.1, 0.15) is 0 Å². The fourth-order valence-corrected chi connectivity index (χ4v) is 2.36. The second-order valence-corrected chi connectivity index (χ2v) is 5.12. The van der Waals surface area contributed by atoms with Crippen LogP contribution in [0.3, 0.4) is 0 Å². The van der Waals surface area contributed by atoms with Crippen molar-refractivity contribution in [1.82, 2.24) is 4.98 Å². The summed E-state index contributed by atoms with van der Waals surface area (Å²) in [6.07, 6.45) is 4.12. The van der Waals surface area contributed by atoms with Gasteiger partial charge in [-0.3, -0.25) is 0 Å². The third-order valence-electron chi connectivity index (χ3n) is 2.10. The molecule has 0 saturated heterocycles. The maximum atomic E-state index is 5.62. The zero-order chi connectivity index (χ0) is 10.6. The van der Waals surface area contributed by atoms with E-state index in [0.29, 0.717) is 5.88 Å². The Morgan fingerprint density at radius 1 is 1.50 bits per heavy atom. The molecule has 14 heavy (non-hydrogen) atoms. The molecule has 0 bridgehead atoms.